The number of likely N-dealkylation sites (tertiary alicyclic amines) is 2. The fourth-order valence-electron chi connectivity index (χ4n) is 3.72. The predicted octanol–water partition coefficient (Wildman–Crippen LogP) is 3.10. The van der Waals surface area contributed by atoms with E-state index in [1.54, 1.807) is 0 Å². The van der Waals surface area contributed by atoms with Crippen LogP contribution in [0.25, 0.3) is 10.2 Å². The van der Waals surface area contributed by atoms with Gasteiger partial charge in [-0.05, 0) is 44.4 Å². The summed E-state index contributed by atoms with van der Waals surface area (Å²) >= 11 is 1.82. The minimum Gasteiger partial charge on any atom is -0.342 e. The second-order valence-corrected chi connectivity index (χ2v) is 7.74. The van der Waals surface area contributed by atoms with E-state index in [0.29, 0.717) is 18.4 Å². The number of piperidine rings is 1. The molecule has 4 nitrogen and oxygen atoms in total. The third-order valence-corrected chi connectivity index (χ3v) is 6.18. The van der Waals surface area contributed by atoms with Crippen molar-refractivity contribution < 1.29 is 4.79 Å². The van der Waals surface area contributed by atoms with Gasteiger partial charge >= 0.3 is 0 Å². The van der Waals surface area contributed by atoms with Gasteiger partial charge in [0.1, 0.15) is 0 Å². The van der Waals surface area contributed by atoms with Gasteiger partial charge in [0.25, 0.3) is 0 Å². The van der Waals surface area contributed by atoms with Crippen molar-refractivity contribution in [3.63, 3.8) is 0 Å². The van der Waals surface area contributed by atoms with Gasteiger partial charge < -0.3 is 4.90 Å². The van der Waals surface area contributed by atoms with Crippen molar-refractivity contribution >= 4 is 27.5 Å². The normalized spacial score (nSPS) is 22.8. The predicted molar refractivity (Wildman–Crippen MR) is 93.8 cm³/mol. The number of amides is 1. The number of nitrogens with zero attached hydrogens (tertiary/aromatic N) is 3. The van der Waals surface area contributed by atoms with Crippen LogP contribution in [0.3, 0.4) is 0 Å². The van der Waals surface area contributed by atoms with Gasteiger partial charge in [-0.2, -0.15) is 0 Å². The van der Waals surface area contributed by atoms with Crippen molar-refractivity contribution in [1.29, 1.82) is 0 Å². The Morgan fingerprint density at radius 1 is 1.17 bits per heavy atom. The van der Waals surface area contributed by atoms with Gasteiger partial charge in [-0.3, -0.25) is 9.69 Å². The standard InChI is InChI=1S/C18H23N3OS/c22-17(21-10-3-4-11-21)13-20-9-5-6-14(12-20)18-19-15-7-1-2-8-16(15)23-18/h1-2,7-8,14H,3-6,9-13H2/t14-/m0/s1. The third kappa shape index (κ3) is 3.26. The molecule has 0 spiro atoms. The molecule has 1 aromatic carbocycles. The quantitative estimate of drug-likeness (QED) is 0.868. The Kier molecular flexibility index (Phi) is 4.31. The number of hydrogen-bond acceptors (Lipinski definition) is 4. The molecule has 0 saturated carbocycles. The van der Waals surface area contributed by atoms with Crippen molar-refractivity contribution in [2.75, 3.05) is 32.7 Å². The summed E-state index contributed by atoms with van der Waals surface area (Å²) < 4.78 is 1.27. The molecule has 122 valence electrons. The zero-order chi connectivity index (χ0) is 15.6. The van der Waals surface area contributed by atoms with Crippen LogP contribution in [0.15, 0.2) is 24.3 Å². The number of para-hydroxylation sites is 1. The smallest absolute Gasteiger partial charge is 0.236 e. The average Bonchev–Trinajstić information content (AvgIpc) is 3.24. The maximum atomic E-state index is 12.4. The van der Waals surface area contributed by atoms with Crippen LogP contribution in [0.5, 0.6) is 0 Å². The average molecular weight is 329 g/mol. The van der Waals surface area contributed by atoms with E-state index >= 15 is 0 Å². The van der Waals surface area contributed by atoms with Crippen LogP contribution in [-0.4, -0.2) is 53.4 Å². The summed E-state index contributed by atoms with van der Waals surface area (Å²) in [5.41, 5.74) is 1.11. The van der Waals surface area contributed by atoms with Crippen LogP contribution >= 0.6 is 11.3 Å². The van der Waals surface area contributed by atoms with Gasteiger partial charge in [-0.15, -0.1) is 11.3 Å². The highest BCUT2D eigenvalue weighted by Gasteiger charge is 2.27. The highest BCUT2D eigenvalue weighted by atomic mass is 32.1. The maximum absolute atomic E-state index is 12.4. The molecule has 2 aliphatic rings. The summed E-state index contributed by atoms with van der Waals surface area (Å²) in [6.07, 6.45) is 4.68. The number of carbonyl (C=O) groups excluding carboxylic acids is 1. The number of rotatable bonds is 3. The molecule has 2 fully saturated rings. The van der Waals surface area contributed by atoms with Crippen molar-refractivity contribution in [1.82, 2.24) is 14.8 Å². The Labute approximate surface area is 141 Å². The van der Waals surface area contributed by atoms with Gasteiger partial charge in [0.2, 0.25) is 5.91 Å². The van der Waals surface area contributed by atoms with Gasteiger partial charge in [-0.25, -0.2) is 4.98 Å². The fourth-order valence-corrected chi connectivity index (χ4v) is 4.82. The van der Waals surface area contributed by atoms with Crippen LogP contribution in [0.4, 0.5) is 0 Å². The summed E-state index contributed by atoms with van der Waals surface area (Å²) in [6, 6.07) is 8.36. The van der Waals surface area contributed by atoms with Crippen molar-refractivity contribution in [3.8, 4) is 0 Å². The molecule has 0 N–H and O–H groups in total. The van der Waals surface area contributed by atoms with E-state index in [9.17, 15) is 4.79 Å². The molecule has 1 amide bonds. The van der Waals surface area contributed by atoms with Gasteiger partial charge in [-0.1, -0.05) is 12.1 Å². The Morgan fingerprint density at radius 2 is 2.00 bits per heavy atom. The molecule has 5 heteroatoms. The van der Waals surface area contributed by atoms with Gasteiger partial charge in [0.15, 0.2) is 0 Å². The van der Waals surface area contributed by atoms with E-state index in [4.69, 9.17) is 4.98 Å². The minimum absolute atomic E-state index is 0.312. The summed E-state index contributed by atoms with van der Waals surface area (Å²) in [4.78, 5) is 21.6. The first-order valence-corrected chi connectivity index (χ1v) is 9.47. The monoisotopic (exact) mass is 329 g/mol. The number of aromatic nitrogens is 1. The molecule has 1 aromatic heterocycles. The van der Waals surface area contributed by atoms with Crippen LogP contribution < -0.4 is 0 Å². The lowest BCUT2D eigenvalue weighted by molar-refractivity contribution is -0.131. The van der Waals surface area contributed by atoms with Crippen LogP contribution in [0.1, 0.15) is 36.6 Å². The first-order valence-electron chi connectivity index (χ1n) is 8.65. The molecule has 3 heterocycles. The summed E-state index contributed by atoms with van der Waals surface area (Å²) in [6.45, 7) is 4.50. The molecule has 1 atom stereocenters. The lowest BCUT2D eigenvalue weighted by Crippen LogP contribution is -2.42. The largest absolute Gasteiger partial charge is 0.342 e. The molecule has 23 heavy (non-hydrogen) atoms. The van der Waals surface area contributed by atoms with Crippen molar-refractivity contribution in [2.24, 2.45) is 0 Å². The maximum Gasteiger partial charge on any atom is 0.236 e. The van der Waals surface area contributed by atoms with Gasteiger partial charge in [0, 0.05) is 25.6 Å². The number of benzene rings is 1. The summed E-state index contributed by atoms with van der Waals surface area (Å²) in [5, 5.41) is 1.24. The second kappa shape index (κ2) is 6.57. The van der Waals surface area contributed by atoms with Crippen LogP contribution in [-0.2, 0) is 4.79 Å². The third-order valence-electron chi connectivity index (χ3n) is 4.98. The molecule has 4 rings (SSSR count). The van der Waals surface area contributed by atoms with Crippen molar-refractivity contribution in [3.05, 3.63) is 29.3 Å². The second-order valence-electron chi connectivity index (χ2n) is 6.68. The summed E-state index contributed by atoms with van der Waals surface area (Å²) in [7, 11) is 0. The van der Waals surface area contributed by atoms with E-state index in [1.165, 1.54) is 29.0 Å². The molecular formula is C18H23N3OS. The number of fused-ring (bicyclic) bond motifs is 1. The lowest BCUT2D eigenvalue weighted by atomic mass is 9.99. The topological polar surface area (TPSA) is 36.4 Å². The highest BCUT2D eigenvalue weighted by Crippen LogP contribution is 2.32. The number of carbonyl (C=O) groups is 1. The number of thiazole rings is 1. The van der Waals surface area contributed by atoms with Crippen molar-refractivity contribution in [2.45, 2.75) is 31.6 Å². The first kappa shape index (κ1) is 15.1. The molecule has 0 bridgehead atoms. The van der Waals surface area contributed by atoms with E-state index in [1.807, 2.05) is 22.3 Å². The lowest BCUT2D eigenvalue weighted by Gasteiger charge is -2.32. The Hall–Kier alpha value is -1.46. The zero-order valence-corrected chi connectivity index (χ0v) is 14.2. The van der Waals surface area contributed by atoms with Crippen LogP contribution in [0.2, 0.25) is 0 Å². The molecular weight excluding hydrogens is 306 g/mol. The number of hydrogen-bond donors (Lipinski definition) is 0. The van der Waals surface area contributed by atoms with Crippen LogP contribution in [0, 0.1) is 0 Å². The van der Waals surface area contributed by atoms with Gasteiger partial charge in [0.05, 0.1) is 21.8 Å². The van der Waals surface area contributed by atoms with E-state index in [0.717, 1.165) is 38.1 Å². The Morgan fingerprint density at radius 3 is 2.83 bits per heavy atom. The minimum atomic E-state index is 0.312. The first-order chi connectivity index (χ1) is 11.3. The molecule has 0 unspecified atom stereocenters. The Balaban J connectivity index is 1.43. The van der Waals surface area contributed by atoms with E-state index in [2.05, 4.69) is 23.1 Å². The Bertz CT molecular complexity index is 659. The van der Waals surface area contributed by atoms with E-state index < -0.39 is 0 Å². The zero-order valence-electron chi connectivity index (χ0n) is 13.4. The molecule has 2 aliphatic heterocycles. The molecule has 0 aliphatic carbocycles. The highest BCUT2D eigenvalue weighted by molar-refractivity contribution is 7.18. The fraction of sp³-hybridized carbons (Fsp3) is 0.556. The van der Waals surface area contributed by atoms with E-state index in [-0.39, 0.29) is 0 Å². The molecule has 0 radical (unpaired) electrons. The summed E-state index contributed by atoms with van der Waals surface area (Å²) in [5.74, 6) is 0.792. The molecule has 2 aromatic rings. The SMILES string of the molecule is O=C(CN1CCC[C@H](c2nc3ccccc3s2)C1)N1CCCC1. The molecule has 2 saturated heterocycles.